The highest BCUT2D eigenvalue weighted by atomic mass is 32.2. The van der Waals surface area contributed by atoms with Crippen molar-refractivity contribution in [3.63, 3.8) is 0 Å². The van der Waals surface area contributed by atoms with Crippen LogP contribution in [0.4, 0.5) is 10.5 Å². The Morgan fingerprint density at radius 1 is 1.00 bits per heavy atom. The van der Waals surface area contributed by atoms with Gasteiger partial charge in [0.05, 0.1) is 17.2 Å². The Morgan fingerprint density at radius 3 is 2.32 bits per heavy atom. The topological polar surface area (TPSA) is 120 Å². The number of nitrogens with one attached hydrogen (secondary N) is 1. The molecule has 0 saturated carbocycles. The number of amides is 2. The molecule has 1 aliphatic rings. The lowest BCUT2D eigenvalue weighted by Gasteiger charge is -2.33. The van der Waals surface area contributed by atoms with E-state index in [0.717, 1.165) is 11.1 Å². The summed E-state index contributed by atoms with van der Waals surface area (Å²) < 4.78 is 32.9. The van der Waals surface area contributed by atoms with E-state index in [1.165, 1.54) is 45.5 Å². The number of nitrogens with zero attached hydrogens (tertiary/aromatic N) is 3. The lowest BCUT2D eigenvalue weighted by Crippen LogP contribution is -2.51. The molecule has 37 heavy (non-hydrogen) atoms. The average Bonchev–Trinajstić information content (AvgIpc) is 2.89. The van der Waals surface area contributed by atoms with Gasteiger partial charge in [-0.25, -0.2) is 13.2 Å². The van der Waals surface area contributed by atoms with Crippen LogP contribution in [0.15, 0.2) is 52.3 Å². The van der Waals surface area contributed by atoms with E-state index in [2.05, 4.69) is 4.98 Å². The predicted molar refractivity (Wildman–Crippen MR) is 141 cm³/mol. The molecular formula is C26H30N4O6S. The van der Waals surface area contributed by atoms with Crippen molar-refractivity contribution in [3.8, 4) is 0 Å². The zero-order valence-corrected chi connectivity index (χ0v) is 22.1. The van der Waals surface area contributed by atoms with Crippen LogP contribution < -0.4 is 9.73 Å². The van der Waals surface area contributed by atoms with E-state index in [9.17, 15) is 22.8 Å². The van der Waals surface area contributed by atoms with Gasteiger partial charge in [0.25, 0.3) is 15.9 Å². The van der Waals surface area contributed by atoms with E-state index in [-0.39, 0.29) is 35.5 Å². The second-order valence-electron chi connectivity index (χ2n) is 8.96. The number of carbonyl (C=O) groups excluding carboxylic acids is 2. The molecule has 0 bridgehead atoms. The Bertz CT molecular complexity index is 1520. The fourth-order valence-electron chi connectivity index (χ4n) is 4.21. The SMILES string of the molecule is CCOC(=O)N1CCN(C(=O)c2c[nH]c3ccc(S(=O)(=O)N(C)c4ccc(C)c(C)c4)cc3c2=O)CC1. The molecule has 196 valence electrons. The van der Waals surface area contributed by atoms with Crippen LogP contribution >= 0.6 is 0 Å². The molecule has 3 aromatic rings. The number of pyridine rings is 1. The molecule has 0 radical (unpaired) electrons. The summed E-state index contributed by atoms with van der Waals surface area (Å²) in [6.07, 6.45) is 0.915. The number of sulfonamides is 1. The van der Waals surface area contributed by atoms with Crippen molar-refractivity contribution in [2.75, 3.05) is 44.1 Å². The molecular weight excluding hydrogens is 496 g/mol. The number of aromatic nitrogens is 1. The summed E-state index contributed by atoms with van der Waals surface area (Å²) in [6.45, 7) is 6.94. The van der Waals surface area contributed by atoms with Crippen molar-refractivity contribution in [2.24, 2.45) is 0 Å². The van der Waals surface area contributed by atoms with E-state index in [0.29, 0.717) is 24.3 Å². The number of aromatic amines is 1. The molecule has 0 spiro atoms. The highest BCUT2D eigenvalue weighted by Gasteiger charge is 2.28. The number of H-pyrrole nitrogens is 1. The standard InChI is InChI=1S/C26H30N4O6S/c1-5-36-26(33)30-12-10-29(11-13-30)25(32)22-16-27-23-9-8-20(15-21(23)24(22)31)37(34,35)28(4)19-7-6-17(2)18(3)14-19/h6-9,14-16H,5,10-13H2,1-4H3,(H,27,31). The van der Waals surface area contributed by atoms with Crippen molar-refractivity contribution in [1.29, 1.82) is 0 Å². The minimum absolute atomic E-state index is 0.0566. The van der Waals surface area contributed by atoms with E-state index < -0.39 is 27.5 Å². The van der Waals surface area contributed by atoms with E-state index >= 15 is 0 Å². The third kappa shape index (κ3) is 5.04. The minimum Gasteiger partial charge on any atom is -0.450 e. The van der Waals surface area contributed by atoms with Gasteiger partial charge < -0.3 is 19.5 Å². The molecule has 10 nitrogen and oxygen atoms in total. The van der Waals surface area contributed by atoms with Crippen LogP contribution in [0, 0.1) is 13.8 Å². The Kier molecular flexibility index (Phi) is 7.26. The molecule has 0 unspecified atom stereocenters. The summed E-state index contributed by atoms with van der Waals surface area (Å²) in [5.74, 6) is -0.479. The van der Waals surface area contributed by atoms with Gasteiger partial charge in [-0.15, -0.1) is 0 Å². The first-order chi connectivity index (χ1) is 17.5. The van der Waals surface area contributed by atoms with Crippen LogP contribution in [0.1, 0.15) is 28.4 Å². The molecule has 1 aliphatic heterocycles. The number of carbonyl (C=O) groups is 2. The smallest absolute Gasteiger partial charge is 0.409 e. The van der Waals surface area contributed by atoms with Gasteiger partial charge in [-0.1, -0.05) is 6.07 Å². The predicted octanol–water partition coefficient (Wildman–Crippen LogP) is 2.88. The number of hydrogen-bond donors (Lipinski definition) is 1. The van der Waals surface area contributed by atoms with Crippen LogP contribution in [0.2, 0.25) is 0 Å². The van der Waals surface area contributed by atoms with Crippen molar-refractivity contribution in [2.45, 2.75) is 25.7 Å². The first-order valence-corrected chi connectivity index (χ1v) is 13.4. The highest BCUT2D eigenvalue weighted by molar-refractivity contribution is 7.92. The zero-order chi connectivity index (χ0) is 26.9. The second-order valence-corrected chi connectivity index (χ2v) is 10.9. The first kappa shape index (κ1) is 26.2. The maximum atomic E-state index is 13.4. The lowest BCUT2D eigenvalue weighted by atomic mass is 10.1. The molecule has 1 N–H and O–H groups in total. The fraction of sp³-hybridized carbons (Fsp3) is 0.346. The number of aryl methyl sites for hydroxylation is 2. The largest absolute Gasteiger partial charge is 0.450 e. The van der Waals surface area contributed by atoms with Gasteiger partial charge in [-0.3, -0.25) is 13.9 Å². The van der Waals surface area contributed by atoms with E-state index in [1.807, 2.05) is 19.9 Å². The monoisotopic (exact) mass is 526 g/mol. The Balaban J connectivity index is 1.62. The summed E-state index contributed by atoms with van der Waals surface area (Å²) in [5.41, 5.74) is 2.28. The fourth-order valence-corrected chi connectivity index (χ4v) is 5.43. The molecule has 4 rings (SSSR count). The lowest BCUT2D eigenvalue weighted by molar-refractivity contribution is 0.0569. The van der Waals surface area contributed by atoms with Crippen LogP contribution in [0.3, 0.4) is 0 Å². The maximum absolute atomic E-state index is 13.4. The number of fused-ring (bicyclic) bond motifs is 1. The Labute approximate surface area is 215 Å². The Hall–Kier alpha value is -3.86. The highest BCUT2D eigenvalue weighted by Crippen LogP contribution is 2.25. The summed E-state index contributed by atoms with van der Waals surface area (Å²) in [7, 11) is -2.50. The molecule has 0 atom stereocenters. The summed E-state index contributed by atoms with van der Waals surface area (Å²) in [6, 6.07) is 9.62. The van der Waals surface area contributed by atoms with Gasteiger partial charge in [0.2, 0.25) is 5.43 Å². The molecule has 0 aliphatic carbocycles. The van der Waals surface area contributed by atoms with E-state index in [1.54, 1.807) is 19.1 Å². The van der Waals surface area contributed by atoms with Crippen LogP contribution in [0.25, 0.3) is 10.9 Å². The normalized spacial score (nSPS) is 14.1. The molecule has 1 saturated heterocycles. The summed E-state index contributed by atoms with van der Waals surface area (Å²) >= 11 is 0. The molecule has 11 heteroatoms. The maximum Gasteiger partial charge on any atom is 0.409 e. The Morgan fingerprint density at radius 2 is 1.68 bits per heavy atom. The first-order valence-electron chi connectivity index (χ1n) is 12.0. The number of ether oxygens (including phenoxy) is 1. The van der Waals surface area contributed by atoms with Crippen molar-refractivity contribution >= 4 is 38.6 Å². The van der Waals surface area contributed by atoms with Gasteiger partial charge in [0.15, 0.2) is 0 Å². The average molecular weight is 527 g/mol. The second kappa shape index (κ2) is 10.3. The minimum atomic E-state index is -3.97. The quantitative estimate of drug-likeness (QED) is 0.546. The number of anilines is 1. The summed E-state index contributed by atoms with van der Waals surface area (Å²) in [5, 5.41) is 0.102. The third-order valence-corrected chi connectivity index (χ3v) is 8.47. The van der Waals surface area contributed by atoms with Gasteiger partial charge in [0.1, 0.15) is 5.56 Å². The van der Waals surface area contributed by atoms with E-state index in [4.69, 9.17) is 4.74 Å². The third-order valence-electron chi connectivity index (χ3n) is 6.69. The van der Waals surface area contributed by atoms with Crippen molar-refractivity contribution < 1.29 is 22.7 Å². The van der Waals surface area contributed by atoms with Crippen LogP contribution in [-0.2, 0) is 14.8 Å². The van der Waals surface area contributed by atoms with Crippen molar-refractivity contribution in [3.05, 3.63) is 69.5 Å². The molecule has 2 amide bonds. The van der Waals surface area contributed by atoms with Crippen LogP contribution in [-0.4, -0.2) is 75.0 Å². The number of piperazine rings is 1. The van der Waals surface area contributed by atoms with Gasteiger partial charge in [0, 0.05) is 50.3 Å². The number of hydrogen-bond acceptors (Lipinski definition) is 6. The zero-order valence-electron chi connectivity index (χ0n) is 21.3. The summed E-state index contributed by atoms with van der Waals surface area (Å²) in [4.78, 5) is 44.3. The van der Waals surface area contributed by atoms with Crippen molar-refractivity contribution in [1.82, 2.24) is 14.8 Å². The molecule has 2 heterocycles. The van der Waals surface area contributed by atoms with Crippen LogP contribution in [0.5, 0.6) is 0 Å². The number of benzene rings is 2. The molecule has 1 aromatic heterocycles. The van der Waals surface area contributed by atoms with Gasteiger partial charge in [-0.2, -0.15) is 0 Å². The molecule has 2 aromatic carbocycles. The van der Waals surface area contributed by atoms with Gasteiger partial charge in [-0.05, 0) is 62.2 Å². The van der Waals surface area contributed by atoms with Gasteiger partial charge >= 0.3 is 6.09 Å². The molecule has 1 fully saturated rings. The number of rotatable bonds is 5.